The van der Waals surface area contributed by atoms with Gasteiger partial charge in [-0.3, -0.25) is 4.79 Å². The quantitative estimate of drug-likeness (QED) is 0.770. The van der Waals surface area contributed by atoms with Crippen molar-refractivity contribution >= 4 is 5.97 Å². The summed E-state index contributed by atoms with van der Waals surface area (Å²) in [7, 11) is 0. The molecular formula is C10H12FNO2. The van der Waals surface area contributed by atoms with Crippen LogP contribution in [0.15, 0.2) is 24.3 Å². The van der Waals surface area contributed by atoms with Crippen LogP contribution in [0.3, 0.4) is 0 Å². The molecule has 0 amide bonds. The number of hydrogen-bond donors (Lipinski definition) is 2. The summed E-state index contributed by atoms with van der Waals surface area (Å²) in [4.78, 5) is 10.4. The summed E-state index contributed by atoms with van der Waals surface area (Å²) >= 11 is 0. The number of benzene rings is 1. The molecule has 2 atom stereocenters. The molecule has 0 saturated heterocycles. The fraction of sp³-hybridized carbons (Fsp3) is 0.300. The molecule has 76 valence electrons. The highest BCUT2D eigenvalue weighted by Gasteiger charge is 2.25. The second kappa shape index (κ2) is 4.19. The van der Waals surface area contributed by atoms with E-state index in [9.17, 15) is 9.18 Å². The molecule has 0 aliphatic rings. The zero-order valence-corrected chi connectivity index (χ0v) is 7.77. The van der Waals surface area contributed by atoms with E-state index in [2.05, 4.69) is 0 Å². The van der Waals surface area contributed by atoms with Crippen molar-refractivity contribution in [2.24, 2.45) is 5.73 Å². The smallest absolute Gasteiger partial charge is 0.323 e. The standard InChI is InChI=1S/C10H12FNO2/c1-6-3-2-4-7(5-6)8(11)9(12)10(13)14/h2-5,8-9H,12H2,1H3,(H,13,14). The van der Waals surface area contributed by atoms with Crippen molar-refractivity contribution in [3.8, 4) is 0 Å². The molecular weight excluding hydrogens is 185 g/mol. The molecule has 0 aromatic heterocycles. The van der Waals surface area contributed by atoms with Crippen LogP contribution in [0.1, 0.15) is 17.3 Å². The maximum atomic E-state index is 13.5. The molecule has 0 fully saturated rings. The fourth-order valence-corrected chi connectivity index (χ4v) is 1.17. The van der Waals surface area contributed by atoms with Crippen LogP contribution < -0.4 is 5.73 Å². The van der Waals surface area contributed by atoms with Gasteiger partial charge >= 0.3 is 5.97 Å². The van der Waals surface area contributed by atoms with E-state index in [4.69, 9.17) is 10.8 Å². The molecule has 0 bridgehead atoms. The Labute approximate surface area is 81.4 Å². The van der Waals surface area contributed by atoms with Crippen molar-refractivity contribution in [3.63, 3.8) is 0 Å². The van der Waals surface area contributed by atoms with Gasteiger partial charge in [0.15, 0.2) is 6.17 Å². The molecule has 2 unspecified atom stereocenters. The number of aliphatic carboxylic acids is 1. The van der Waals surface area contributed by atoms with Gasteiger partial charge in [-0.15, -0.1) is 0 Å². The number of alkyl halides is 1. The van der Waals surface area contributed by atoms with Crippen molar-refractivity contribution in [1.82, 2.24) is 0 Å². The van der Waals surface area contributed by atoms with Crippen molar-refractivity contribution in [2.75, 3.05) is 0 Å². The minimum atomic E-state index is -1.66. The minimum absolute atomic E-state index is 0.305. The SMILES string of the molecule is Cc1cccc(C(F)C(N)C(=O)O)c1. The zero-order chi connectivity index (χ0) is 10.7. The predicted octanol–water partition coefficient (Wildman–Crippen LogP) is 1.42. The predicted molar refractivity (Wildman–Crippen MR) is 50.6 cm³/mol. The average Bonchev–Trinajstić information content (AvgIpc) is 2.15. The zero-order valence-electron chi connectivity index (χ0n) is 7.77. The van der Waals surface area contributed by atoms with Crippen molar-refractivity contribution in [3.05, 3.63) is 35.4 Å². The minimum Gasteiger partial charge on any atom is -0.480 e. The van der Waals surface area contributed by atoms with E-state index in [0.29, 0.717) is 5.56 Å². The highest BCUT2D eigenvalue weighted by Crippen LogP contribution is 2.21. The molecule has 1 aromatic carbocycles. The highest BCUT2D eigenvalue weighted by atomic mass is 19.1. The van der Waals surface area contributed by atoms with Crippen LogP contribution >= 0.6 is 0 Å². The lowest BCUT2D eigenvalue weighted by Gasteiger charge is -2.12. The summed E-state index contributed by atoms with van der Waals surface area (Å²) in [6.07, 6.45) is -1.66. The first-order valence-corrected chi connectivity index (χ1v) is 4.21. The van der Waals surface area contributed by atoms with E-state index in [1.165, 1.54) is 6.07 Å². The van der Waals surface area contributed by atoms with Crippen LogP contribution in [-0.2, 0) is 4.79 Å². The summed E-state index contributed by atoms with van der Waals surface area (Å²) in [6, 6.07) is 5.10. The van der Waals surface area contributed by atoms with Gasteiger partial charge in [0, 0.05) is 0 Å². The van der Waals surface area contributed by atoms with Gasteiger partial charge in [0.25, 0.3) is 0 Å². The number of hydrogen-bond acceptors (Lipinski definition) is 2. The first-order chi connectivity index (χ1) is 6.52. The largest absolute Gasteiger partial charge is 0.480 e. The van der Waals surface area contributed by atoms with Crippen molar-refractivity contribution < 1.29 is 14.3 Å². The van der Waals surface area contributed by atoms with Crippen molar-refractivity contribution in [2.45, 2.75) is 19.1 Å². The summed E-state index contributed by atoms with van der Waals surface area (Å²) < 4.78 is 13.5. The van der Waals surface area contributed by atoms with Crippen molar-refractivity contribution in [1.29, 1.82) is 0 Å². The summed E-state index contributed by atoms with van der Waals surface area (Å²) in [5, 5.41) is 8.52. The third-order valence-corrected chi connectivity index (χ3v) is 1.96. The molecule has 3 nitrogen and oxygen atoms in total. The molecule has 0 radical (unpaired) electrons. The lowest BCUT2D eigenvalue weighted by Crippen LogP contribution is -2.34. The molecule has 1 aromatic rings. The van der Waals surface area contributed by atoms with Crippen LogP contribution in [0.5, 0.6) is 0 Å². The fourth-order valence-electron chi connectivity index (χ4n) is 1.17. The first kappa shape index (κ1) is 10.7. The Bertz CT molecular complexity index is 341. The molecule has 3 N–H and O–H groups in total. The topological polar surface area (TPSA) is 63.3 Å². The van der Waals surface area contributed by atoms with Gasteiger partial charge in [-0.1, -0.05) is 29.8 Å². The number of carbonyl (C=O) groups is 1. The van der Waals surface area contributed by atoms with Crippen LogP contribution in [0.4, 0.5) is 4.39 Å². The molecule has 0 spiro atoms. The molecule has 14 heavy (non-hydrogen) atoms. The first-order valence-electron chi connectivity index (χ1n) is 4.21. The van der Waals surface area contributed by atoms with Crippen LogP contribution in [0.2, 0.25) is 0 Å². The third kappa shape index (κ3) is 2.29. The van der Waals surface area contributed by atoms with Gasteiger partial charge in [0.1, 0.15) is 6.04 Å². The average molecular weight is 197 g/mol. The number of aryl methyl sites for hydroxylation is 1. The highest BCUT2D eigenvalue weighted by molar-refractivity contribution is 5.74. The van der Waals surface area contributed by atoms with E-state index in [1.54, 1.807) is 12.1 Å². The van der Waals surface area contributed by atoms with E-state index in [0.717, 1.165) is 5.56 Å². The Hall–Kier alpha value is -1.42. The molecule has 0 heterocycles. The monoisotopic (exact) mass is 197 g/mol. The molecule has 0 aliphatic heterocycles. The Balaban J connectivity index is 2.89. The third-order valence-electron chi connectivity index (χ3n) is 1.96. The second-order valence-electron chi connectivity index (χ2n) is 3.18. The van der Waals surface area contributed by atoms with Gasteiger partial charge < -0.3 is 10.8 Å². The molecule has 0 aliphatic carbocycles. The Morgan fingerprint density at radius 3 is 2.71 bits per heavy atom. The summed E-state index contributed by atoms with van der Waals surface area (Å²) in [5.74, 6) is -1.33. The van der Waals surface area contributed by atoms with E-state index >= 15 is 0 Å². The van der Waals surface area contributed by atoms with Crippen LogP contribution in [0, 0.1) is 6.92 Å². The number of nitrogens with two attached hydrogens (primary N) is 1. The maximum absolute atomic E-state index is 13.5. The molecule has 0 saturated carbocycles. The Morgan fingerprint density at radius 1 is 1.57 bits per heavy atom. The lowest BCUT2D eigenvalue weighted by atomic mass is 10.0. The molecule has 4 heteroatoms. The summed E-state index contributed by atoms with van der Waals surface area (Å²) in [6.45, 7) is 1.81. The normalized spacial score (nSPS) is 14.8. The molecule has 1 rings (SSSR count). The number of halogens is 1. The lowest BCUT2D eigenvalue weighted by molar-refractivity contribution is -0.140. The van der Waals surface area contributed by atoms with Crippen LogP contribution in [-0.4, -0.2) is 17.1 Å². The second-order valence-corrected chi connectivity index (χ2v) is 3.18. The number of carboxylic acids is 1. The van der Waals surface area contributed by atoms with Gasteiger partial charge in [-0.2, -0.15) is 0 Å². The number of carboxylic acid groups (broad SMARTS) is 1. The maximum Gasteiger partial charge on any atom is 0.323 e. The Morgan fingerprint density at radius 2 is 2.21 bits per heavy atom. The summed E-state index contributed by atoms with van der Waals surface area (Å²) in [5.41, 5.74) is 6.35. The number of rotatable bonds is 3. The van der Waals surface area contributed by atoms with E-state index in [-0.39, 0.29) is 0 Å². The van der Waals surface area contributed by atoms with Gasteiger partial charge in [0.2, 0.25) is 0 Å². The van der Waals surface area contributed by atoms with Gasteiger partial charge in [-0.25, -0.2) is 4.39 Å². The van der Waals surface area contributed by atoms with Gasteiger partial charge in [0.05, 0.1) is 0 Å². The van der Waals surface area contributed by atoms with Gasteiger partial charge in [-0.05, 0) is 12.5 Å². The van der Waals surface area contributed by atoms with E-state index < -0.39 is 18.2 Å². The Kier molecular flexibility index (Phi) is 3.19. The van der Waals surface area contributed by atoms with E-state index in [1.807, 2.05) is 13.0 Å². The van der Waals surface area contributed by atoms with Crippen LogP contribution in [0.25, 0.3) is 0 Å².